The molecule has 3 nitrogen and oxygen atoms in total. The Kier molecular flexibility index (Phi) is 2.68. The molecule has 0 fully saturated rings. The third-order valence-corrected chi connectivity index (χ3v) is 2.97. The summed E-state index contributed by atoms with van der Waals surface area (Å²) in [6, 6.07) is 5.37. The lowest BCUT2D eigenvalue weighted by atomic mass is 10.1. The molecule has 0 atom stereocenters. The number of aromatic carboxylic acids is 1. The first-order chi connectivity index (χ1) is 7.49. The predicted molar refractivity (Wildman–Crippen MR) is 65.9 cm³/mol. The molecule has 0 spiro atoms. The lowest BCUT2D eigenvalue weighted by molar-refractivity contribution is 0.0699. The van der Waals surface area contributed by atoms with E-state index in [0.717, 1.165) is 10.0 Å². The molecule has 1 heterocycles. The number of hydrogen-bond acceptors (Lipinski definition) is 2. The minimum Gasteiger partial charge on any atom is -0.478 e. The van der Waals surface area contributed by atoms with Crippen LogP contribution in [0.3, 0.4) is 0 Å². The zero-order valence-electron chi connectivity index (χ0n) is 8.91. The van der Waals surface area contributed by atoms with E-state index in [9.17, 15) is 4.79 Å². The number of nitrogens with zero attached hydrogens (tertiary/aromatic N) is 1. The van der Waals surface area contributed by atoms with E-state index in [-0.39, 0.29) is 0 Å². The first-order valence-electron chi connectivity index (χ1n) is 4.80. The van der Waals surface area contributed by atoms with Crippen molar-refractivity contribution in [1.82, 2.24) is 4.98 Å². The van der Waals surface area contributed by atoms with E-state index in [4.69, 9.17) is 5.11 Å². The van der Waals surface area contributed by atoms with Crippen molar-refractivity contribution in [2.45, 2.75) is 13.8 Å². The van der Waals surface area contributed by atoms with E-state index in [0.29, 0.717) is 22.2 Å². The molecule has 1 aromatic heterocycles. The second-order valence-electron chi connectivity index (χ2n) is 3.76. The fourth-order valence-electron chi connectivity index (χ4n) is 1.73. The molecule has 1 N–H and O–H groups in total. The van der Waals surface area contributed by atoms with Gasteiger partial charge in [-0.15, -0.1) is 0 Å². The van der Waals surface area contributed by atoms with Crippen LogP contribution in [0.25, 0.3) is 10.9 Å². The van der Waals surface area contributed by atoms with Crippen molar-refractivity contribution in [2.75, 3.05) is 0 Å². The number of carboxylic acid groups (broad SMARTS) is 1. The third kappa shape index (κ3) is 1.80. The number of carboxylic acids is 1. The van der Waals surface area contributed by atoms with Crippen molar-refractivity contribution in [3.05, 3.63) is 39.5 Å². The van der Waals surface area contributed by atoms with Gasteiger partial charge in [0.25, 0.3) is 0 Å². The first-order valence-corrected chi connectivity index (χ1v) is 5.59. The van der Waals surface area contributed by atoms with Gasteiger partial charge in [0, 0.05) is 15.6 Å². The summed E-state index contributed by atoms with van der Waals surface area (Å²) in [6.07, 6.45) is 0. The predicted octanol–water partition coefficient (Wildman–Crippen LogP) is 3.31. The monoisotopic (exact) mass is 279 g/mol. The Bertz CT molecular complexity index is 593. The molecular weight excluding hydrogens is 270 g/mol. The standard InChI is InChI=1S/C12H10BrNO2/c1-6-3-8-9(12(15)16)5-7(2)14-11(8)10(13)4-6/h3-5H,1-2H3,(H,15,16). The Labute approximate surface area is 101 Å². The Morgan fingerprint density at radius 1 is 1.31 bits per heavy atom. The van der Waals surface area contributed by atoms with E-state index < -0.39 is 5.97 Å². The number of benzene rings is 1. The highest BCUT2D eigenvalue weighted by atomic mass is 79.9. The van der Waals surface area contributed by atoms with Crippen molar-refractivity contribution in [2.24, 2.45) is 0 Å². The molecular formula is C12H10BrNO2. The number of hydrogen-bond donors (Lipinski definition) is 1. The molecule has 0 aliphatic rings. The quantitative estimate of drug-likeness (QED) is 0.871. The number of rotatable bonds is 1. The molecule has 0 saturated carbocycles. The molecule has 0 bridgehead atoms. The fourth-order valence-corrected chi connectivity index (χ4v) is 2.39. The molecule has 4 heteroatoms. The Morgan fingerprint density at radius 3 is 2.62 bits per heavy atom. The maximum atomic E-state index is 11.1. The summed E-state index contributed by atoms with van der Waals surface area (Å²) in [5.41, 5.74) is 2.71. The normalized spacial score (nSPS) is 10.7. The molecule has 0 amide bonds. The summed E-state index contributed by atoms with van der Waals surface area (Å²) >= 11 is 3.41. The zero-order chi connectivity index (χ0) is 11.9. The zero-order valence-corrected chi connectivity index (χ0v) is 10.5. The van der Waals surface area contributed by atoms with E-state index in [2.05, 4.69) is 20.9 Å². The van der Waals surface area contributed by atoms with Crippen molar-refractivity contribution in [3.63, 3.8) is 0 Å². The SMILES string of the molecule is Cc1cc(Br)c2nc(C)cc(C(=O)O)c2c1. The second-order valence-corrected chi connectivity index (χ2v) is 4.61. The Balaban J connectivity index is 2.95. The van der Waals surface area contributed by atoms with Gasteiger partial charge in [0.1, 0.15) is 0 Å². The van der Waals surface area contributed by atoms with E-state index >= 15 is 0 Å². The summed E-state index contributed by atoms with van der Waals surface area (Å²) in [5, 5.41) is 9.82. The molecule has 82 valence electrons. The van der Waals surface area contributed by atoms with Gasteiger partial charge in [-0.05, 0) is 53.5 Å². The molecule has 0 unspecified atom stereocenters. The average molecular weight is 280 g/mol. The second kappa shape index (κ2) is 3.87. The topological polar surface area (TPSA) is 50.2 Å². The highest BCUT2D eigenvalue weighted by Gasteiger charge is 2.12. The van der Waals surface area contributed by atoms with Crippen LogP contribution in [0.1, 0.15) is 21.6 Å². The summed E-state index contributed by atoms with van der Waals surface area (Å²) in [5.74, 6) is -0.923. The Morgan fingerprint density at radius 2 is 2.00 bits per heavy atom. The number of aryl methyl sites for hydroxylation is 2. The van der Waals surface area contributed by atoms with Gasteiger partial charge in [0.05, 0.1) is 11.1 Å². The first kappa shape index (κ1) is 11.1. The van der Waals surface area contributed by atoms with Crippen molar-refractivity contribution >= 4 is 32.8 Å². The van der Waals surface area contributed by atoms with Crippen LogP contribution in [0, 0.1) is 13.8 Å². The van der Waals surface area contributed by atoms with Gasteiger partial charge in [-0.25, -0.2) is 4.79 Å². The van der Waals surface area contributed by atoms with Gasteiger partial charge >= 0.3 is 5.97 Å². The van der Waals surface area contributed by atoms with Gasteiger partial charge in [-0.3, -0.25) is 4.98 Å². The van der Waals surface area contributed by atoms with Gasteiger partial charge in [-0.1, -0.05) is 0 Å². The molecule has 0 aliphatic carbocycles. The van der Waals surface area contributed by atoms with Gasteiger partial charge < -0.3 is 5.11 Å². The smallest absolute Gasteiger partial charge is 0.336 e. The average Bonchev–Trinajstić information content (AvgIpc) is 2.18. The summed E-state index contributed by atoms with van der Waals surface area (Å²) in [4.78, 5) is 15.5. The van der Waals surface area contributed by atoms with Crippen molar-refractivity contribution in [1.29, 1.82) is 0 Å². The fraction of sp³-hybridized carbons (Fsp3) is 0.167. The largest absolute Gasteiger partial charge is 0.478 e. The van der Waals surface area contributed by atoms with E-state index in [1.807, 2.05) is 19.1 Å². The number of halogens is 1. The minimum atomic E-state index is -0.923. The molecule has 1 aromatic carbocycles. The van der Waals surface area contributed by atoms with Crippen LogP contribution in [-0.4, -0.2) is 16.1 Å². The Hall–Kier alpha value is -1.42. The number of aromatic nitrogens is 1. The number of carbonyl (C=O) groups is 1. The number of fused-ring (bicyclic) bond motifs is 1. The minimum absolute atomic E-state index is 0.298. The molecule has 0 aliphatic heterocycles. The molecule has 2 aromatic rings. The third-order valence-electron chi connectivity index (χ3n) is 2.37. The van der Waals surface area contributed by atoms with Crippen LogP contribution in [0.15, 0.2) is 22.7 Å². The maximum absolute atomic E-state index is 11.1. The van der Waals surface area contributed by atoms with Crippen LogP contribution in [0.2, 0.25) is 0 Å². The molecule has 0 saturated heterocycles. The number of pyridine rings is 1. The van der Waals surface area contributed by atoms with Crippen LogP contribution in [-0.2, 0) is 0 Å². The summed E-state index contributed by atoms with van der Waals surface area (Å²) < 4.78 is 0.828. The van der Waals surface area contributed by atoms with Crippen molar-refractivity contribution < 1.29 is 9.90 Å². The van der Waals surface area contributed by atoms with E-state index in [1.54, 1.807) is 13.0 Å². The van der Waals surface area contributed by atoms with Crippen molar-refractivity contribution in [3.8, 4) is 0 Å². The highest BCUT2D eigenvalue weighted by molar-refractivity contribution is 9.10. The van der Waals surface area contributed by atoms with Crippen LogP contribution >= 0.6 is 15.9 Å². The summed E-state index contributed by atoms with van der Waals surface area (Å²) in [6.45, 7) is 3.72. The van der Waals surface area contributed by atoms with Gasteiger partial charge in [0.15, 0.2) is 0 Å². The summed E-state index contributed by atoms with van der Waals surface area (Å²) in [7, 11) is 0. The molecule has 16 heavy (non-hydrogen) atoms. The van der Waals surface area contributed by atoms with Crippen LogP contribution in [0.4, 0.5) is 0 Å². The molecule has 0 radical (unpaired) electrons. The maximum Gasteiger partial charge on any atom is 0.336 e. The van der Waals surface area contributed by atoms with Gasteiger partial charge in [0.2, 0.25) is 0 Å². The van der Waals surface area contributed by atoms with E-state index in [1.165, 1.54) is 0 Å². The lowest BCUT2D eigenvalue weighted by Crippen LogP contribution is -2.00. The van der Waals surface area contributed by atoms with Crippen LogP contribution in [0.5, 0.6) is 0 Å². The highest BCUT2D eigenvalue weighted by Crippen LogP contribution is 2.27. The van der Waals surface area contributed by atoms with Gasteiger partial charge in [-0.2, -0.15) is 0 Å². The lowest BCUT2D eigenvalue weighted by Gasteiger charge is -2.07. The van der Waals surface area contributed by atoms with Crippen LogP contribution < -0.4 is 0 Å². The molecule has 2 rings (SSSR count).